The van der Waals surface area contributed by atoms with Crippen LogP contribution in [0.1, 0.15) is 31.7 Å². The van der Waals surface area contributed by atoms with Crippen LogP contribution in [0.5, 0.6) is 5.75 Å². The summed E-state index contributed by atoms with van der Waals surface area (Å²) in [5.74, 6) is 1.04. The lowest BCUT2D eigenvalue weighted by atomic mass is 10.1. The highest BCUT2D eigenvalue weighted by Crippen LogP contribution is 2.31. The van der Waals surface area contributed by atoms with Gasteiger partial charge < -0.3 is 10.5 Å². The van der Waals surface area contributed by atoms with Crippen molar-refractivity contribution in [2.75, 3.05) is 6.54 Å². The summed E-state index contributed by atoms with van der Waals surface area (Å²) in [6.07, 6.45) is 3.77. The van der Waals surface area contributed by atoms with E-state index in [1.54, 1.807) is 18.2 Å². The first-order valence-electron chi connectivity index (χ1n) is 7.51. The van der Waals surface area contributed by atoms with E-state index >= 15 is 0 Å². The summed E-state index contributed by atoms with van der Waals surface area (Å²) < 4.78 is 33.5. The Morgan fingerprint density at radius 1 is 1.38 bits per heavy atom. The minimum atomic E-state index is -3.49. The first kappa shape index (κ1) is 14.8. The van der Waals surface area contributed by atoms with Gasteiger partial charge in [0.1, 0.15) is 11.9 Å². The van der Waals surface area contributed by atoms with Crippen LogP contribution in [0.15, 0.2) is 23.1 Å². The molecule has 116 valence electrons. The van der Waals surface area contributed by atoms with Crippen LogP contribution in [0.4, 0.5) is 0 Å². The van der Waals surface area contributed by atoms with E-state index in [9.17, 15) is 8.42 Å². The quantitative estimate of drug-likeness (QED) is 0.881. The van der Waals surface area contributed by atoms with Crippen LogP contribution >= 0.6 is 0 Å². The number of sulfonamides is 1. The van der Waals surface area contributed by atoms with Crippen molar-refractivity contribution in [3.05, 3.63) is 23.8 Å². The van der Waals surface area contributed by atoms with Gasteiger partial charge in [0.2, 0.25) is 10.0 Å². The second-order valence-electron chi connectivity index (χ2n) is 6.06. The molecule has 1 aliphatic heterocycles. The molecule has 0 spiro atoms. The van der Waals surface area contributed by atoms with E-state index in [0.717, 1.165) is 37.0 Å². The Hall–Kier alpha value is -1.11. The number of rotatable bonds is 4. The summed E-state index contributed by atoms with van der Waals surface area (Å²) >= 11 is 0. The Balaban J connectivity index is 1.81. The molecule has 0 aromatic heterocycles. The Morgan fingerprint density at radius 2 is 2.19 bits per heavy atom. The number of fused-ring (bicyclic) bond motifs is 1. The molecule has 1 aliphatic carbocycles. The number of benzene rings is 1. The van der Waals surface area contributed by atoms with Crippen LogP contribution in [0.25, 0.3) is 0 Å². The van der Waals surface area contributed by atoms with Gasteiger partial charge in [0.05, 0.1) is 4.90 Å². The topological polar surface area (TPSA) is 81.4 Å². The lowest BCUT2D eigenvalue weighted by molar-refractivity contribution is 0.254. The zero-order valence-corrected chi connectivity index (χ0v) is 13.0. The van der Waals surface area contributed by atoms with Crippen LogP contribution in [-0.4, -0.2) is 27.1 Å². The third-order valence-electron chi connectivity index (χ3n) is 4.45. The smallest absolute Gasteiger partial charge is 0.240 e. The van der Waals surface area contributed by atoms with E-state index in [4.69, 9.17) is 10.5 Å². The molecule has 3 rings (SSSR count). The molecular formula is C15H22N2O3S. The maximum atomic E-state index is 12.5. The average Bonchev–Trinajstić information content (AvgIpc) is 3.01. The number of hydrogen-bond donors (Lipinski definition) is 2. The molecule has 0 saturated heterocycles. The molecule has 1 fully saturated rings. The zero-order chi connectivity index (χ0) is 15.0. The normalized spacial score (nSPS) is 28.4. The molecule has 0 radical (unpaired) electrons. The molecular weight excluding hydrogens is 288 g/mol. The highest BCUT2D eigenvalue weighted by Gasteiger charge is 2.31. The van der Waals surface area contributed by atoms with E-state index in [1.165, 1.54) is 0 Å². The number of nitrogens with two attached hydrogens (primary N) is 1. The standard InChI is InChI=1S/C15H22N2O3S/c1-10-7-12-8-13(5-6-15(12)20-10)21(18,19)17-14-4-2-3-11(14)9-16/h5-6,8,10-11,14,17H,2-4,7,9,16H2,1H3/t10-,11+,14-/m1/s1. The van der Waals surface area contributed by atoms with Crippen molar-refractivity contribution in [3.8, 4) is 5.75 Å². The van der Waals surface area contributed by atoms with Gasteiger partial charge in [-0.25, -0.2) is 13.1 Å². The predicted molar refractivity (Wildman–Crippen MR) is 80.7 cm³/mol. The summed E-state index contributed by atoms with van der Waals surface area (Å²) in [5.41, 5.74) is 6.68. The van der Waals surface area contributed by atoms with Crippen molar-refractivity contribution in [3.63, 3.8) is 0 Å². The van der Waals surface area contributed by atoms with Crippen molar-refractivity contribution in [2.24, 2.45) is 11.7 Å². The number of nitrogens with one attached hydrogen (secondary N) is 1. The zero-order valence-electron chi connectivity index (χ0n) is 12.2. The van der Waals surface area contributed by atoms with Crippen molar-refractivity contribution >= 4 is 10.0 Å². The highest BCUT2D eigenvalue weighted by molar-refractivity contribution is 7.89. The monoisotopic (exact) mass is 310 g/mol. The largest absolute Gasteiger partial charge is 0.490 e. The molecule has 0 bridgehead atoms. The fourth-order valence-electron chi connectivity index (χ4n) is 3.31. The molecule has 1 aromatic carbocycles. The molecule has 6 heteroatoms. The molecule has 5 nitrogen and oxygen atoms in total. The second-order valence-corrected chi connectivity index (χ2v) is 7.77. The van der Waals surface area contributed by atoms with Gasteiger partial charge in [0.15, 0.2) is 0 Å². The number of hydrogen-bond acceptors (Lipinski definition) is 4. The molecule has 1 aromatic rings. The summed E-state index contributed by atoms with van der Waals surface area (Å²) in [5, 5.41) is 0. The Labute approximate surface area is 125 Å². The van der Waals surface area contributed by atoms with Gasteiger partial charge in [-0.05, 0) is 56.0 Å². The van der Waals surface area contributed by atoms with Crippen molar-refractivity contribution in [2.45, 2.75) is 49.6 Å². The maximum absolute atomic E-state index is 12.5. The average molecular weight is 310 g/mol. The molecule has 0 unspecified atom stereocenters. The predicted octanol–water partition coefficient (Wildman–Crippen LogP) is 1.42. The minimum Gasteiger partial charge on any atom is -0.490 e. The molecule has 21 heavy (non-hydrogen) atoms. The minimum absolute atomic E-state index is 0.0385. The van der Waals surface area contributed by atoms with E-state index < -0.39 is 10.0 Å². The lowest BCUT2D eigenvalue weighted by Gasteiger charge is -2.19. The van der Waals surface area contributed by atoms with Crippen LogP contribution in [0, 0.1) is 5.92 Å². The van der Waals surface area contributed by atoms with Gasteiger partial charge in [-0.3, -0.25) is 0 Å². The number of ether oxygens (including phenoxy) is 1. The van der Waals surface area contributed by atoms with Gasteiger partial charge in [-0.1, -0.05) is 6.42 Å². The van der Waals surface area contributed by atoms with E-state index in [1.807, 2.05) is 6.92 Å². The molecule has 0 amide bonds. The van der Waals surface area contributed by atoms with Crippen LogP contribution in [0.3, 0.4) is 0 Å². The molecule has 1 saturated carbocycles. The Bertz CT molecular complexity index is 630. The lowest BCUT2D eigenvalue weighted by Crippen LogP contribution is -2.39. The van der Waals surface area contributed by atoms with Crippen LogP contribution in [-0.2, 0) is 16.4 Å². The van der Waals surface area contributed by atoms with Crippen molar-refractivity contribution < 1.29 is 13.2 Å². The summed E-state index contributed by atoms with van der Waals surface area (Å²) in [6, 6.07) is 5.06. The van der Waals surface area contributed by atoms with Gasteiger partial charge in [-0.15, -0.1) is 0 Å². The SMILES string of the molecule is C[C@@H]1Cc2cc(S(=O)(=O)N[C@@H]3CCC[C@H]3CN)ccc2O1. The molecule has 2 aliphatic rings. The van der Waals surface area contributed by atoms with Gasteiger partial charge in [0, 0.05) is 12.5 Å². The van der Waals surface area contributed by atoms with Crippen LogP contribution in [0.2, 0.25) is 0 Å². The van der Waals surface area contributed by atoms with E-state index in [0.29, 0.717) is 11.4 Å². The van der Waals surface area contributed by atoms with Gasteiger partial charge in [0.25, 0.3) is 0 Å². The van der Waals surface area contributed by atoms with Crippen molar-refractivity contribution in [1.82, 2.24) is 4.72 Å². The third-order valence-corrected chi connectivity index (χ3v) is 5.93. The summed E-state index contributed by atoms with van der Waals surface area (Å²) in [6.45, 7) is 2.51. The first-order valence-corrected chi connectivity index (χ1v) is 9.00. The van der Waals surface area contributed by atoms with Gasteiger partial charge >= 0.3 is 0 Å². The van der Waals surface area contributed by atoms with Crippen LogP contribution < -0.4 is 15.2 Å². The first-order chi connectivity index (χ1) is 9.99. The van der Waals surface area contributed by atoms with Crippen molar-refractivity contribution in [1.29, 1.82) is 0 Å². The maximum Gasteiger partial charge on any atom is 0.240 e. The fraction of sp³-hybridized carbons (Fsp3) is 0.600. The fourth-order valence-corrected chi connectivity index (χ4v) is 4.70. The van der Waals surface area contributed by atoms with Gasteiger partial charge in [-0.2, -0.15) is 0 Å². The highest BCUT2D eigenvalue weighted by atomic mass is 32.2. The Morgan fingerprint density at radius 3 is 2.95 bits per heavy atom. The van der Waals surface area contributed by atoms with E-state index in [2.05, 4.69) is 4.72 Å². The molecule has 3 atom stereocenters. The molecule has 1 heterocycles. The summed E-state index contributed by atoms with van der Waals surface area (Å²) in [7, 11) is -3.49. The third kappa shape index (κ3) is 2.93. The second kappa shape index (κ2) is 5.59. The Kier molecular flexibility index (Phi) is 3.94. The molecule has 3 N–H and O–H groups in total. The van der Waals surface area contributed by atoms with E-state index in [-0.39, 0.29) is 18.1 Å². The summed E-state index contributed by atoms with van der Waals surface area (Å²) in [4.78, 5) is 0.321.